The third-order valence-electron chi connectivity index (χ3n) is 4.99. The smallest absolute Gasteiger partial charge is 0.317 e. The van der Waals surface area contributed by atoms with Gasteiger partial charge in [-0.2, -0.15) is 0 Å². The molecule has 3 amide bonds. The number of imide groups is 1. The molecule has 1 saturated heterocycles. The van der Waals surface area contributed by atoms with E-state index in [1.54, 1.807) is 6.08 Å². The quantitative estimate of drug-likeness (QED) is 0.552. The molecule has 1 aromatic heterocycles. The molecule has 0 aliphatic carbocycles. The van der Waals surface area contributed by atoms with E-state index in [1.807, 2.05) is 59.3 Å². The Hall–Kier alpha value is -3.60. The van der Waals surface area contributed by atoms with E-state index in [-0.39, 0.29) is 18.1 Å². The molecule has 0 unspecified atom stereocenters. The number of nitrogens with one attached hydrogen (secondary N) is 1. The fourth-order valence-electron chi connectivity index (χ4n) is 3.25. The molecule has 1 aliphatic heterocycles. The molecule has 1 fully saturated rings. The second kappa shape index (κ2) is 7.19. The van der Waals surface area contributed by atoms with Crippen LogP contribution in [-0.2, 0) is 11.3 Å². The molecule has 0 atom stereocenters. The summed E-state index contributed by atoms with van der Waals surface area (Å²) in [5.41, 5.74) is 5.46. The maximum absolute atomic E-state index is 12.8. The second-order valence-corrected chi connectivity index (χ2v) is 6.94. The van der Waals surface area contributed by atoms with Gasteiger partial charge in [-0.15, -0.1) is 0 Å². The minimum Gasteiger partial charge on any atom is -0.317 e. The fraction of sp³-hybridized carbons (Fsp3) is 0.130. The summed E-state index contributed by atoms with van der Waals surface area (Å²) in [6, 6.07) is 19.1. The first-order chi connectivity index (χ1) is 13.5. The summed E-state index contributed by atoms with van der Waals surface area (Å²) in [6.45, 7) is 4.40. The standard InChI is InChI=1S/C23H21N3O2/c1-16-10-11-20(13-17(16)2)25-12-6-9-19(25)14-21-22(27)26(23(28)24-21)15-18-7-4-3-5-8-18/h3-14H,15H2,1-2H3,(H,24,28)/b21-14+. The highest BCUT2D eigenvalue weighted by atomic mass is 16.2. The lowest BCUT2D eigenvalue weighted by molar-refractivity contribution is -0.123. The lowest BCUT2D eigenvalue weighted by Crippen LogP contribution is -2.30. The van der Waals surface area contributed by atoms with E-state index in [9.17, 15) is 9.59 Å². The Morgan fingerprint density at radius 3 is 2.46 bits per heavy atom. The SMILES string of the molecule is Cc1ccc(-n2cccc2/C=C2/NC(=O)N(Cc3ccccc3)C2=O)cc1C. The van der Waals surface area contributed by atoms with Crippen molar-refractivity contribution in [1.82, 2.24) is 14.8 Å². The van der Waals surface area contributed by atoms with Crippen LogP contribution in [0.25, 0.3) is 11.8 Å². The Labute approximate surface area is 163 Å². The molecule has 3 aromatic rings. The summed E-state index contributed by atoms with van der Waals surface area (Å²) in [5, 5.41) is 2.70. The third kappa shape index (κ3) is 3.34. The summed E-state index contributed by atoms with van der Waals surface area (Å²) in [4.78, 5) is 26.3. The van der Waals surface area contributed by atoms with E-state index in [0.717, 1.165) is 16.9 Å². The molecule has 0 radical (unpaired) electrons. The van der Waals surface area contributed by atoms with Gasteiger partial charge in [0.2, 0.25) is 0 Å². The van der Waals surface area contributed by atoms with Crippen molar-refractivity contribution in [1.29, 1.82) is 0 Å². The number of aryl methyl sites for hydroxylation is 2. The second-order valence-electron chi connectivity index (χ2n) is 6.94. The van der Waals surface area contributed by atoms with Crippen LogP contribution in [0.15, 0.2) is 72.6 Å². The maximum atomic E-state index is 12.8. The first kappa shape index (κ1) is 17.8. The first-order valence-electron chi connectivity index (χ1n) is 9.16. The molecular formula is C23H21N3O2. The number of urea groups is 1. The van der Waals surface area contributed by atoms with Crippen molar-refractivity contribution in [3.63, 3.8) is 0 Å². The van der Waals surface area contributed by atoms with E-state index >= 15 is 0 Å². The normalized spacial score (nSPS) is 15.4. The van der Waals surface area contributed by atoms with Gasteiger partial charge in [-0.05, 0) is 60.9 Å². The molecule has 5 heteroatoms. The number of nitrogens with zero attached hydrogens (tertiary/aromatic N) is 2. The van der Waals surface area contributed by atoms with Crippen LogP contribution in [0.4, 0.5) is 4.79 Å². The summed E-state index contributed by atoms with van der Waals surface area (Å²) in [6.07, 6.45) is 3.67. The van der Waals surface area contributed by atoms with Gasteiger partial charge in [0.05, 0.1) is 6.54 Å². The maximum Gasteiger partial charge on any atom is 0.329 e. The predicted octanol–water partition coefficient (Wildman–Crippen LogP) is 4.19. The number of benzene rings is 2. The monoisotopic (exact) mass is 371 g/mol. The van der Waals surface area contributed by atoms with Gasteiger partial charge in [0.1, 0.15) is 5.70 Å². The summed E-state index contributed by atoms with van der Waals surface area (Å²) >= 11 is 0. The number of hydrogen-bond donors (Lipinski definition) is 1. The van der Waals surface area contributed by atoms with Crippen LogP contribution in [0.5, 0.6) is 0 Å². The predicted molar refractivity (Wildman–Crippen MR) is 109 cm³/mol. The minimum atomic E-state index is -0.399. The Bertz CT molecular complexity index is 1080. The first-order valence-corrected chi connectivity index (χ1v) is 9.16. The van der Waals surface area contributed by atoms with Crippen molar-refractivity contribution in [2.45, 2.75) is 20.4 Å². The average molecular weight is 371 g/mol. The summed E-state index contributed by atoms with van der Waals surface area (Å²) in [5.74, 6) is -0.318. The molecule has 140 valence electrons. The number of hydrogen-bond acceptors (Lipinski definition) is 2. The van der Waals surface area contributed by atoms with Crippen LogP contribution in [0.1, 0.15) is 22.4 Å². The Morgan fingerprint density at radius 2 is 1.71 bits per heavy atom. The molecule has 2 heterocycles. The van der Waals surface area contributed by atoms with Crippen LogP contribution in [0.2, 0.25) is 0 Å². The highest BCUT2D eigenvalue weighted by Gasteiger charge is 2.33. The van der Waals surface area contributed by atoms with Crippen molar-refractivity contribution < 1.29 is 9.59 Å². The van der Waals surface area contributed by atoms with Gasteiger partial charge >= 0.3 is 6.03 Å². The number of carbonyl (C=O) groups excluding carboxylic acids is 2. The largest absolute Gasteiger partial charge is 0.329 e. The molecule has 0 spiro atoms. The summed E-state index contributed by atoms with van der Waals surface area (Å²) in [7, 11) is 0. The topological polar surface area (TPSA) is 54.3 Å². The number of rotatable bonds is 4. The van der Waals surface area contributed by atoms with Gasteiger partial charge in [0, 0.05) is 17.6 Å². The van der Waals surface area contributed by atoms with E-state index in [1.165, 1.54) is 16.0 Å². The zero-order valence-corrected chi connectivity index (χ0v) is 15.8. The van der Waals surface area contributed by atoms with Crippen LogP contribution in [0, 0.1) is 13.8 Å². The van der Waals surface area contributed by atoms with Gasteiger partial charge in [-0.1, -0.05) is 36.4 Å². The Morgan fingerprint density at radius 1 is 0.929 bits per heavy atom. The molecule has 1 aliphatic rings. The van der Waals surface area contributed by atoms with Crippen molar-refractivity contribution in [2.24, 2.45) is 0 Å². The van der Waals surface area contributed by atoms with Crippen molar-refractivity contribution in [2.75, 3.05) is 0 Å². The number of aromatic nitrogens is 1. The van der Waals surface area contributed by atoms with Crippen molar-refractivity contribution in [3.05, 3.63) is 94.9 Å². The zero-order chi connectivity index (χ0) is 19.7. The molecule has 1 N–H and O–H groups in total. The lowest BCUT2D eigenvalue weighted by atomic mass is 10.1. The van der Waals surface area contributed by atoms with Gasteiger partial charge in [-0.3, -0.25) is 9.69 Å². The van der Waals surface area contributed by atoms with E-state index in [4.69, 9.17) is 0 Å². The lowest BCUT2D eigenvalue weighted by Gasteiger charge is -2.11. The molecule has 0 bridgehead atoms. The van der Waals surface area contributed by atoms with Gasteiger partial charge in [0.15, 0.2) is 0 Å². The summed E-state index contributed by atoms with van der Waals surface area (Å²) < 4.78 is 2.00. The zero-order valence-electron chi connectivity index (χ0n) is 15.8. The van der Waals surface area contributed by atoms with E-state index in [0.29, 0.717) is 0 Å². The van der Waals surface area contributed by atoms with Crippen LogP contribution in [-0.4, -0.2) is 21.4 Å². The Balaban J connectivity index is 1.62. The highest BCUT2D eigenvalue weighted by molar-refractivity contribution is 6.13. The van der Waals surface area contributed by atoms with E-state index < -0.39 is 6.03 Å². The molecule has 5 nitrogen and oxygen atoms in total. The Kier molecular flexibility index (Phi) is 4.57. The molecular weight excluding hydrogens is 350 g/mol. The number of amides is 3. The van der Waals surface area contributed by atoms with E-state index in [2.05, 4.69) is 31.3 Å². The molecule has 0 saturated carbocycles. The molecule has 28 heavy (non-hydrogen) atoms. The van der Waals surface area contributed by atoms with Gasteiger partial charge in [0.25, 0.3) is 5.91 Å². The molecule has 2 aromatic carbocycles. The molecule has 4 rings (SSSR count). The minimum absolute atomic E-state index is 0.251. The van der Waals surface area contributed by atoms with Crippen molar-refractivity contribution in [3.8, 4) is 5.69 Å². The number of carbonyl (C=O) groups is 2. The fourth-order valence-corrected chi connectivity index (χ4v) is 3.25. The van der Waals surface area contributed by atoms with Crippen LogP contribution < -0.4 is 5.32 Å². The highest BCUT2D eigenvalue weighted by Crippen LogP contribution is 2.21. The average Bonchev–Trinajstić information content (AvgIpc) is 3.25. The van der Waals surface area contributed by atoms with Crippen LogP contribution >= 0.6 is 0 Å². The van der Waals surface area contributed by atoms with Crippen molar-refractivity contribution >= 4 is 18.0 Å². The van der Waals surface area contributed by atoms with Crippen LogP contribution in [0.3, 0.4) is 0 Å². The third-order valence-corrected chi connectivity index (χ3v) is 4.99. The van der Waals surface area contributed by atoms with Gasteiger partial charge < -0.3 is 9.88 Å². The van der Waals surface area contributed by atoms with Gasteiger partial charge in [-0.25, -0.2) is 4.79 Å².